The normalized spacial score (nSPS) is 11.5. The predicted molar refractivity (Wildman–Crippen MR) is 45.8 cm³/mol. The van der Waals surface area contributed by atoms with Crippen molar-refractivity contribution in [1.82, 2.24) is 0 Å². The number of hydrogen-bond donors (Lipinski definition) is 0. The van der Waals surface area contributed by atoms with E-state index in [4.69, 9.17) is 0 Å². The van der Waals surface area contributed by atoms with Crippen molar-refractivity contribution in [3.05, 3.63) is 29.6 Å². The summed E-state index contributed by atoms with van der Waals surface area (Å²) in [6.07, 6.45) is 0. The first kappa shape index (κ1) is 10.4. The number of benzene rings is 1. The van der Waals surface area contributed by atoms with Crippen LogP contribution in [-0.4, -0.2) is 7.11 Å². The molecular weight excluding hydrogens is 249 g/mol. The van der Waals surface area contributed by atoms with Gasteiger partial charge in [-0.2, -0.15) is 8.78 Å². The maximum absolute atomic E-state index is 12.9. The molecule has 1 aromatic rings. The highest BCUT2D eigenvalue weighted by atomic mass is 79.9. The van der Waals surface area contributed by atoms with Gasteiger partial charge in [0.05, 0.1) is 12.7 Å². The number of halogens is 4. The lowest BCUT2D eigenvalue weighted by Gasteiger charge is -2.10. The second-order valence-corrected chi connectivity index (χ2v) is 3.34. The van der Waals surface area contributed by atoms with Crippen LogP contribution in [0.2, 0.25) is 0 Å². The molecule has 0 aliphatic heterocycles. The van der Waals surface area contributed by atoms with Crippen molar-refractivity contribution < 1.29 is 17.9 Å². The third-order valence-corrected chi connectivity index (χ3v) is 1.91. The van der Waals surface area contributed by atoms with Crippen molar-refractivity contribution in [3.8, 4) is 5.75 Å². The van der Waals surface area contributed by atoms with Crippen LogP contribution >= 0.6 is 15.9 Å². The zero-order chi connectivity index (χ0) is 10.1. The number of rotatable bonds is 2. The summed E-state index contributed by atoms with van der Waals surface area (Å²) in [6.45, 7) is 0. The molecular formula is C8H6BrF3O. The molecule has 0 aliphatic rings. The van der Waals surface area contributed by atoms with E-state index in [1.165, 1.54) is 13.2 Å². The molecule has 0 atom stereocenters. The first-order valence-corrected chi connectivity index (χ1v) is 4.15. The van der Waals surface area contributed by atoms with Gasteiger partial charge in [-0.15, -0.1) is 0 Å². The Bertz CT molecular complexity index is 309. The van der Waals surface area contributed by atoms with Crippen molar-refractivity contribution in [2.45, 2.75) is 4.83 Å². The molecule has 0 aliphatic carbocycles. The molecule has 0 N–H and O–H groups in total. The molecule has 5 heteroatoms. The molecule has 0 spiro atoms. The van der Waals surface area contributed by atoms with E-state index in [-0.39, 0.29) is 5.75 Å². The van der Waals surface area contributed by atoms with Gasteiger partial charge in [-0.1, -0.05) is 0 Å². The summed E-state index contributed by atoms with van der Waals surface area (Å²) < 4.78 is 42.8. The third kappa shape index (κ3) is 2.37. The topological polar surface area (TPSA) is 9.23 Å². The van der Waals surface area contributed by atoms with Gasteiger partial charge in [0.15, 0.2) is 0 Å². The zero-order valence-corrected chi connectivity index (χ0v) is 8.24. The van der Waals surface area contributed by atoms with Crippen LogP contribution in [-0.2, 0) is 4.83 Å². The minimum Gasteiger partial charge on any atom is -0.497 e. The largest absolute Gasteiger partial charge is 0.497 e. The van der Waals surface area contributed by atoms with E-state index < -0.39 is 16.2 Å². The van der Waals surface area contributed by atoms with E-state index in [2.05, 4.69) is 20.7 Å². The molecule has 0 bridgehead atoms. The quantitative estimate of drug-likeness (QED) is 0.737. The SMILES string of the molecule is COc1ccc(C(F)(F)Br)c(F)c1. The highest BCUT2D eigenvalue weighted by Crippen LogP contribution is 2.36. The predicted octanol–water partition coefficient (Wildman–Crippen LogP) is 3.28. The van der Waals surface area contributed by atoms with Crippen LogP contribution in [0.1, 0.15) is 5.56 Å². The lowest BCUT2D eigenvalue weighted by molar-refractivity contribution is 0.110. The number of hydrogen-bond acceptors (Lipinski definition) is 1. The van der Waals surface area contributed by atoms with E-state index >= 15 is 0 Å². The van der Waals surface area contributed by atoms with Crippen LogP contribution in [0.4, 0.5) is 13.2 Å². The molecule has 0 heterocycles. The molecule has 0 radical (unpaired) electrons. The van der Waals surface area contributed by atoms with Gasteiger partial charge in [0.25, 0.3) is 0 Å². The van der Waals surface area contributed by atoms with Gasteiger partial charge in [-0.25, -0.2) is 4.39 Å². The first-order chi connectivity index (χ1) is 5.95. The van der Waals surface area contributed by atoms with Crippen molar-refractivity contribution >= 4 is 15.9 Å². The Labute approximate surface area is 81.6 Å². The highest BCUT2D eigenvalue weighted by Gasteiger charge is 2.30. The molecule has 72 valence electrons. The molecule has 0 saturated carbocycles. The monoisotopic (exact) mass is 254 g/mol. The van der Waals surface area contributed by atoms with E-state index in [0.29, 0.717) is 0 Å². The van der Waals surface area contributed by atoms with Crippen LogP contribution in [0.25, 0.3) is 0 Å². The molecule has 0 amide bonds. The van der Waals surface area contributed by atoms with Gasteiger partial charge < -0.3 is 4.74 Å². The van der Waals surface area contributed by atoms with Gasteiger partial charge in [-0.3, -0.25) is 0 Å². The Kier molecular flexibility index (Phi) is 2.85. The van der Waals surface area contributed by atoms with E-state index in [9.17, 15) is 13.2 Å². The summed E-state index contributed by atoms with van der Waals surface area (Å²) in [6, 6.07) is 3.15. The fourth-order valence-electron chi connectivity index (χ4n) is 0.853. The van der Waals surface area contributed by atoms with Crippen LogP contribution < -0.4 is 4.74 Å². The average Bonchev–Trinajstić information content (AvgIpc) is 2.01. The van der Waals surface area contributed by atoms with Crippen molar-refractivity contribution in [1.29, 1.82) is 0 Å². The Morgan fingerprint density at radius 2 is 2.00 bits per heavy atom. The zero-order valence-electron chi connectivity index (χ0n) is 6.65. The first-order valence-electron chi connectivity index (χ1n) is 3.36. The fourth-order valence-corrected chi connectivity index (χ4v) is 1.17. The summed E-state index contributed by atoms with van der Waals surface area (Å²) in [5.41, 5.74) is -0.701. The molecule has 0 saturated heterocycles. The van der Waals surface area contributed by atoms with Gasteiger partial charge in [0.1, 0.15) is 11.6 Å². The molecule has 0 aromatic heterocycles. The minimum absolute atomic E-state index is 0.206. The second kappa shape index (κ2) is 3.57. The van der Waals surface area contributed by atoms with Crippen LogP contribution in [0, 0.1) is 5.82 Å². The molecule has 1 nitrogen and oxygen atoms in total. The van der Waals surface area contributed by atoms with E-state index in [0.717, 1.165) is 12.1 Å². The van der Waals surface area contributed by atoms with Crippen molar-refractivity contribution in [2.75, 3.05) is 7.11 Å². The molecule has 13 heavy (non-hydrogen) atoms. The Morgan fingerprint density at radius 3 is 2.38 bits per heavy atom. The fraction of sp³-hybridized carbons (Fsp3) is 0.250. The summed E-state index contributed by atoms with van der Waals surface area (Å²) in [7, 11) is 1.33. The Morgan fingerprint density at radius 1 is 1.38 bits per heavy atom. The molecule has 1 rings (SSSR count). The van der Waals surface area contributed by atoms with E-state index in [1.54, 1.807) is 0 Å². The summed E-state index contributed by atoms with van der Waals surface area (Å²) in [5, 5.41) is 0. The third-order valence-electron chi connectivity index (χ3n) is 1.48. The maximum atomic E-state index is 12.9. The molecule has 0 fully saturated rings. The number of ether oxygens (including phenoxy) is 1. The lowest BCUT2D eigenvalue weighted by Crippen LogP contribution is -2.05. The van der Waals surface area contributed by atoms with Crippen LogP contribution in [0.5, 0.6) is 5.75 Å². The standard InChI is InChI=1S/C8H6BrF3O/c1-13-5-2-3-6(7(10)4-5)8(9,11)12/h2-4H,1H3. The van der Waals surface area contributed by atoms with Gasteiger partial charge in [0.2, 0.25) is 0 Å². The van der Waals surface area contributed by atoms with Gasteiger partial charge in [0, 0.05) is 6.07 Å². The maximum Gasteiger partial charge on any atom is 0.329 e. The van der Waals surface area contributed by atoms with E-state index in [1.807, 2.05) is 0 Å². The lowest BCUT2D eigenvalue weighted by atomic mass is 10.2. The van der Waals surface area contributed by atoms with Crippen LogP contribution in [0.3, 0.4) is 0 Å². The Balaban J connectivity index is 3.13. The smallest absolute Gasteiger partial charge is 0.329 e. The van der Waals surface area contributed by atoms with Crippen LogP contribution in [0.15, 0.2) is 18.2 Å². The molecule has 0 unspecified atom stereocenters. The summed E-state index contributed by atoms with van der Waals surface area (Å²) >= 11 is 2.07. The molecule has 1 aromatic carbocycles. The van der Waals surface area contributed by atoms with Gasteiger partial charge >= 0.3 is 4.83 Å². The number of methoxy groups -OCH3 is 1. The number of alkyl halides is 3. The summed E-state index contributed by atoms with van der Waals surface area (Å²) in [5.74, 6) is -0.792. The highest BCUT2D eigenvalue weighted by molar-refractivity contribution is 9.09. The van der Waals surface area contributed by atoms with Crippen molar-refractivity contribution in [3.63, 3.8) is 0 Å². The average molecular weight is 255 g/mol. The summed E-state index contributed by atoms with van der Waals surface area (Å²) in [4.78, 5) is -3.34. The van der Waals surface area contributed by atoms with Gasteiger partial charge in [-0.05, 0) is 28.1 Å². The minimum atomic E-state index is -3.34. The second-order valence-electron chi connectivity index (χ2n) is 2.34. The van der Waals surface area contributed by atoms with Crippen molar-refractivity contribution in [2.24, 2.45) is 0 Å². The Hall–Kier alpha value is -0.710.